The first-order valence-corrected chi connectivity index (χ1v) is 7.04. The lowest BCUT2D eigenvalue weighted by atomic mass is 10.2. The van der Waals surface area contributed by atoms with Crippen LogP contribution in [0.15, 0.2) is 23.1 Å². The minimum absolute atomic E-state index is 0.0628. The normalized spacial score (nSPS) is 16.5. The Balaban J connectivity index is 2.53. The highest BCUT2D eigenvalue weighted by atomic mass is 32.2. The fourth-order valence-corrected chi connectivity index (χ4v) is 3.27. The third-order valence-corrected chi connectivity index (χ3v) is 4.40. The predicted octanol–water partition coefficient (Wildman–Crippen LogP) is 0.381. The highest BCUT2D eigenvalue weighted by Crippen LogP contribution is 2.25. The number of nitrogens with zero attached hydrogens (tertiary/aromatic N) is 1. The van der Waals surface area contributed by atoms with Gasteiger partial charge < -0.3 is 10.5 Å². The minimum Gasteiger partial charge on any atom is -0.465 e. The lowest BCUT2D eigenvalue weighted by molar-refractivity contribution is -0.0285. The molecule has 0 amide bonds. The molecule has 2 N–H and O–H groups in total. The van der Waals surface area contributed by atoms with Crippen LogP contribution >= 0.6 is 0 Å². The van der Waals surface area contributed by atoms with E-state index in [1.165, 1.54) is 25.3 Å². The molecule has 2 rings (SSSR count). The Kier molecular flexibility index (Phi) is 3.74. The van der Waals surface area contributed by atoms with E-state index in [2.05, 4.69) is 4.74 Å². The maximum Gasteiger partial charge on any atom is 0.339 e. The lowest BCUT2D eigenvalue weighted by Crippen LogP contribution is -2.28. The first-order valence-electron chi connectivity index (χ1n) is 5.60. The lowest BCUT2D eigenvalue weighted by Gasteiger charge is -2.16. The maximum atomic E-state index is 12.4. The van der Waals surface area contributed by atoms with E-state index < -0.39 is 16.0 Å². The molecule has 0 bridgehead atoms. The van der Waals surface area contributed by atoms with Gasteiger partial charge in [0.25, 0.3) is 10.0 Å². The van der Waals surface area contributed by atoms with Crippen molar-refractivity contribution in [2.75, 3.05) is 26.0 Å². The molecule has 1 heterocycles. The number of sulfonamides is 1. The summed E-state index contributed by atoms with van der Waals surface area (Å²) in [5.41, 5.74) is 5.77. The number of hydrogen-bond donors (Lipinski definition) is 1. The Morgan fingerprint density at radius 2 is 2.21 bits per heavy atom. The number of ether oxygens (including phenoxy) is 1. The number of esters is 1. The van der Waals surface area contributed by atoms with Gasteiger partial charge in [0.1, 0.15) is 4.90 Å². The molecule has 0 spiro atoms. The van der Waals surface area contributed by atoms with Crippen molar-refractivity contribution in [1.29, 1.82) is 0 Å². The number of carbonyl (C=O) groups excluding carboxylic acids is 1. The second kappa shape index (κ2) is 5.16. The summed E-state index contributed by atoms with van der Waals surface area (Å²) in [4.78, 5) is 16.4. The third-order valence-electron chi connectivity index (χ3n) is 2.68. The molecule has 104 valence electrons. The molecule has 1 aromatic rings. The number of rotatable bonds is 3. The summed E-state index contributed by atoms with van der Waals surface area (Å²) in [5.74, 6) is -0.738. The highest BCUT2D eigenvalue weighted by molar-refractivity contribution is 7.89. The number of anilines is 1. The van der Waals surface area contributed by atoms with Crippen LogP contribution in [0, 0.1) is 0 Å². The smallest absolute Gasteiger partial charge is 0.339 e. The van der Waals surface area contributed by atoms with Crippen LogP contribution in [0.1, 0.15) is 16.8 Å². The largest absolute Gasteiger partial charge is 0.465 e. The number of hydroxylamine groups is 1. The van der Waals surface area contributed by atoms with Crippen LogP contribution in [0.2, 0.25) is 0 Å². The van der Waals surface area contributed by atoms with Gasteiger partial charge in [0.15, 0.2) is 0 Å². The summed E-state index contributed by atoms with van der Waals surface area (Å²) < 4.78 is 30.2. The summed E-state index contributed by atoms with van der Waals surface area (Å²) in [6.45, 7) is 0.576. The van der Waals surface area contributed by atoms with E-state index >= 15 is 0 Å². The van der Waals surface area contributed by atoms with E-state index in [1.54, 1.807) is 0 Å². The van der Waals surface area contributed by atoms with Crippen molar-refractivity contribution >= 4 is 21.7 Å². The second-order valence-electron chi connectivity index (χ2n) is 3.97. The van der Waals surface area contributed by atoms with Gasteiger partial charge in [0.05, 0.1) is 19.3 Å². The zero-order valence-corrected chi connectivity index (χ0v) is 11.1. The van der Waals surface area contributed by atoms with E-state index in [4.69, 9.17) is 10.6 Å². The van der Waals surface area contributed by atoms with E-state index in [0.29, 0.717) is 13.0 Å². The number of methoxy groups -OCH3 is 1. The van der Waals surface area contributed by atoms with Gasteiger partial charge in [-0.25, -0.2) is 13.2 Å². The average Bonchev–Trinajstić information content (AvgIpc) is 2.92. The summed E-state index contributed by atoms with van der Waals surface area (Å²) >= 11 is 0. The zero-order valence-electron chi connectivity index (χ0n) is 10.3. The molecule has 0 aromatic heterocycles. The van der Waals surface area contributed by atoms with Gasteiger partial charge in [-0.1, -0.05) is 4.47 Å². The second-order valence-corrected chi connectivity index (χ2v) is 5.76. The fourth-order valence-electron chi connectivity index (χ4n) is 1.75. The fraction of sp³-hybridized carbons (Fsp3) is 0.364. The Bertz CT molecular complexity index is 593. The molecule has 1 aliphatic rings. The summed E-state index contributed by atoms with van der Waals surface area (Å²) in [6.07, 6.45) is 0.606. The first-order chi connectivity index (χ1) is 8.96. The van der Waals surface area contributed by atoms with Crippen molar-refractivity contribution < 1.29 is 22.8 Å². The van der Waals surface area contributed by atoms with Gasteiger partial charge >= 0.3 is 5.97 Å². The van der Waals surface area contributed by atoms with Crippen molar-refractivity contribution in [2.24, 2.45) is 0 Å². The van der Waals surface area contributed by atoms with Gasteiger partial charge in [-0.05, 0) is 24.6 Å². The molecule has 1 aliphatic heterocycles. The quantitative estimate of drug-likeness (QED) is 0.637. The van der Waals surface area contributed by atoms with Crippen LogP contribution in [0.3, 0.4) is 0 Å². The summed E-state index contributed by atoms with van der Waals surface area (Å²) in [6, 6.07) is 3.99. The van der Waals surface area contributed by atoms with E-state index in [9.17, 15) is 13.2 Å². The maximum absolute atomic E-state index is 12.4. The average molecular weight is 286 g/mol. The Morgan fingerprint density at radius 3 is 2.79 bits per heavy atom. The van der Waals surface area contributed by atoms with Gasteiger partial charge in [0, 0.05) is 12.2 Å². The third kappa shape index (κ3) is 2.55. The molecule has 0 atom stereocenters. The van der Waals surface area contributed by atoms with Crippen molar-refractivity contribution in [3.8, 4) is 0 Å². The molecule has 1 fully saturated rings. The van der Waals surface area contributed by atoms with E-state index in [1.807, 2.05) is 0 Å². The molecule has 0 saturated carbocycles. The Labute approximate surface area is 110 Å². The van der Waals surface area contributed by atoms with Crippen LogP contribution in [-0.2, 0) is 19.6 Å². The first kappa shape index (κ1) is 13.8. The molecule has 0 radical (unpaired) electrons. The molecule has 1 saturated heterocycles. The number of hydrogen-bond acceptors (Lipinski definition) is 6. The molecular formula is C11H14N2O5S. The SMILES string of the molecule is COC(=O)c1ccc(N)cc1S(=O)(=O)N1CCCO1. The van der Waals surface area contributed by atoms with Gasteiger partial charge in [-0.2, -0.15) is 0 Å². The van der Waals surface area contributed by atoms with Crippen molar-refractivity contribution in [3.63, 3.8) is 0 Å². The zero-order chi connectivity index (χ0) is 14.0. The topological polar surface area (TPSA) is 98.9 Å². The number of benzene rings is 1. The molecule has 0 unspecified atom stereocenters. The van der Waals surface area contributed by atoms with Crippen molar-refractivity contribution in [3.05, 3.63) is 23.8 Å². The van der Waals surface area contributed by atoms with Crippen LogP contribution < -0.4 is 5.73 Å². The molecular weight excluding hydrogens is 272 g/mol. The standard InChI is InChI=1S/C11H14N2O5S/c1-17-11(14)9-4-3-8(12)7-10(9)19(15,16)13-5-2-6-18-13/h3-4,7H,2,5-6,12H2,1H3. The molecule has 7 nitrogen and oxygen atoms in total. The summed E-state index contributed by atoms with van der Waals surface area (Å²) in [7, 11) is -2.73. The van der Waals surface area contributed by atoms with E-state index in [-0.39, 0.29) is 22.7 Å². The Hall–Kier alpha value is -1.64. The van der Waals surface area contributed by atoms with Crippen LogP contribution in [0.5, 0.6) is 0 Å². The van der Waals surface area contributed by atoms with E-state index in [0.717, 1.165) is 4.47 Å². The van der Waals surface area contributed by atoms with Crippen LogP contribution in [0.25, 0.3) is 0 Å². The van der Waals surface area contributed by atoms with Gasteiger partial charge in [0.2, 0.25) is 0 Å². The number of nitrogen functional groups attached to an aromatic ring is 1. The number of nitrogens with two attached hydrogens (primary N) is 1. The van der Waals surface area contributed by atoms with Gasteiger partial charge in [-0.15, -0.1) is 0 Å². The minimum atomic E-state index is -3.92. The van der Waals surface area contributed by atoms with Crippen LogP contribution in [0.4, 0.5) is 5.69 Å². The Morgan fingerprint density at radius 1 is 1.47 bits per heavy atom. The highest BCUT2D eigenvalue weighted by Gasteiger charge is 2.32. The predicted molar refractivity (Wildman–Crippen MR) is 66.7 cm³/mol. The van der Waals surface area contributed by atoms with Crippen LogP contribution in [-0.4, -0.2) is 39.1 Å². The van der Waals surface area contributed by atoms with Crippen molar-refractivity contribution in [2.45, 2.75) is 11.3 Å². The molecule has 1 aromatic carbocycles. The van der Waals surface area contributed by atoms with Gasteiger partial charge in [-0.3, -0.25) is 4.84 Å². The van der Waals surface area contributed by atoms with Crippen molar-refractivity contribution in [1.82, 2.24) is 4.47 Å². The molecule has 19 heavy (non-hydrogen) atoms. The molecule has 8 heteroatoms. The monoisotopic (exact) mass is 286 g/mol. The molecule has 0 aliphatic carbocycles. The summed E-state index contributed by atoms with van der Waals surface area (Å²) in [5, 5.41) is 0. The number of carbonyl (C=O) groups is 1.